The van der Waals surface area contributed by atoms with Crippen molar-refractivity contribution in [3.8, 4) is 0 Å². The maximum atomic E-state index is 6.98. The number of hydrogen-bond acceptors (Lipinski definition) is 6. The van der Waals surface area contributed by atoms with Gasteiger partial charge in [-0.25, -0.2) is 0 Å². The van der Waals surface area contributed by atoms with Crippen LogP contribution in [-0.4, -0.2) is 0 Å². The fraction of sp³-hybridized carbons (Fsp3) is 0.0154. The number of rotatable bonds is 6. The van der Waals surface area contributed by atoms with Gasteiger partial charge in [-0.2, -0.15) is 0 Å². The molecule has 4 aromatic heterocycles. The van der Waals surface area contributed by atoms with Crippen molar-refractivity contribution in [2.45, 2.75) is 6.92 Å². The average Bonchev–Trinajstić information content (AvgIpc) is 4.20. The summed E-state index contributed by atoms with van der Waals surface area (Å²) in [7, 11) is 0. The van der Waals surface area contributed by atoms with E-state index in [4.69, 9.17) is 17.7 Å². The van der Waals surface area contributed by atoms with Crippen LogP contribution in [0.2, 0.25) is 0 Å². The second kappa shape index (κ2) is 14.3. The Morgan fingerprint density at radius 2 is 0.563 bits per heavy atom. The summed E-state index contributed by atoms with van der Waals surface area (Å²) in [6, 6.07) is 75.2. The van der Waals surface area contributed by atoms with Crippen LogP contribution in [0.15, 0.2) is 230 Å². The molecule has 0 aliphatic rings. The molecule has 0 atom stereocenters. The zero-order valence-electron chi connectivity index (χ0n) is 38.2. The SMILES string of the molecule is Cc1cc2ccc3c(N(c4cccc5c4oc4ccccc45)c4cccc5c4oc4ccccc45)cc(N(c4cccc5c4oc4ccccc45)c4cccc5c4oc4ccccc45)c4ccc(c1)c2c34. The minimum Gasteiger partial charge on any atom is -0.454 e. The van der Waals surface area contributed by atoms with Crippen LogP contribution in [0.25, 0.3) is 120 Å². The van der Waals surface area contributed by atoms with Crippen LogP contribution < -0.4 is 9.80 Å². The van der Waals surface area contributed by atoms with Gasteiger partial charge in [0.05, 0.1) is 34.1 Å². The monoisotopic (exact) mass is 910 g/mol. The number of furan rings is 4. The standard InChI is InChI=1S/C65H38N2O4/c1-37-34-38-30-32-48-54(66(50-22-10-18-44-40-14-2-6-26-56(40)68-62(44)50)51-23-11-19-45-41-15-3-7-27-57(41)69-63(45)51)36-55(49-33-31-39(35-37)60(38)61(48)49)67(52-24-12-20-46-42-16-4-8-28-58(42)70-64(46)52)53-25-13-21-47-43-17-5-9-29-59(43)71-65(47)53/h2-36H,1H3. The molecule has 6 heteroatoms. The number of aryl methyl sites for hydroxylation is 1. The van der Waals surface area contributed by atoms with E-state index in [1.54, 1.807) is 0 Å². The molecule has 0 saturated carbocycles. The van der Waals surface area contributed by atoms with Crippen LogP contribution in [0.1, 0.15) is 5.56 Å². The molecule has 71 heavy (non-hydrogen) atoms. The fourth-order valence-electron chi connectivity index (χ4n) is 11.8. The molecule has 0 spiro atoms. The van der Waals surface area contributed by atoms with Crippen molar-refractivity contribution >= 4 is 154 Å². The van der Waals surface area contributed by atoms with Crippen LogP contribution in [-0.2, 0) is 0 Å². The highest BCUT2D eigenvalue weighted by Gasteiger charge is 2.31. The van der Waals surface area contributed by atoms with Crippen LogP contribution in [0.5, 0.6) is 0 Å². The fourth-order valence-corrected chi connectivity index (χ4v) is 11.8. The van der Waals surface area contributed by atoms with Gasteiger partial charge in [-0.15, -0.1) is 0 Å². The lowest BCUT2D eigenvalue weighted by molar-refractivity contribution is 0.665. The highest BCUT2D eigenvalue weighted by Crippen LogP contribution is 2.55. The van der Waals surface area contributed by atoms with Crippen molar-refractivity contribution in [3.05, 3.63) is 218 Å². The zero-order chi connectivity index (χ0) is 46.5. The number of nitrogens with zero attached hydrogens (tertiary/aromatic N) is 2. The Morgan fingerprint density at radius 1 is 0.254 bits per heavy atom. The molecule has 0 aliphatic carbocycles. The molecule has 16 aromatic rings. The molecule has 6 nitrogen and oxygen atoms in total. The van der Waals surface area contributed by atoms with E-state index in [0.29, 0.717) is 0 Å². The van der Waals surface area contributed by atoms with Gasteiger partial charge in [-0.3, -0.25) is 0 Å². The quantitative estimate of drug-likeness (QED) is 0.155. The molecule has 332 valence electrons. The Morgan fingerprint density at radius 3 is 0.901 bits per heavy atom. The van der Waals surface area contributed by atoms with Crippen LogP contribution >= 0.6 is 0 Å². The van der Waals surface area contributed by atoms with Crippen LogP contribution in [0.3, 0.4) is 0 Å². The summed E-state index contributed by atoms with van der Waals surface area (Å²) in [5.74, 6) is 0. The predicted molar refractivity (Wildman–Crippen MR) is 293 cm³/mol. The highest BCUT2D eigenvalue weighted by atomic mass is 16.3. The topological polar surface area (TPSA) is 59.0 Å². The van der Waals surface area contributed by atoms with Crippen molar-refractivity contribution < 1.29 is 17.7 Å². The summed E-state index contributed by atoms with van der Waals surface area (Å²) < 4.78 is 27.9. The Balaban J connectivity index is 1.10. The molecule has 16 rings (SSSR count). The molecule has 0 unspecified atom stereocenters. The van der Waals surface area contributed by atoms with E-state index < -0.39 is 0 Å². The molecule has 4 heterocycles. The van der Waals surface area contributed by atoms with Gasteiger partial charge in [-0.05, 0) is 83.2 Å². The lowest BCUT2D eigenvalue weighted by Gasteiger charge is -2.32. The summed E-state index contributed by atoms with van der Waals surface area (Å²) in [5.41, 5.74) is 13.1. The molecule has 0 fully saturated rings. The zero-order valence-corrected chi connectivity index (χ0v) is 38.2. The highest BCUT2D eigenvalue weighted by molar-refractivity contribution is 6.30. The maximum absolute atomic E-state index is 6.98. The predicted octanol–water partition coefficient (Wildman–Crippen LogP) is 19.4. The average molecular weight is 911 g/mol. The Labute approximate surface area is 404 Å². The third-order valence-corrected chi connectivity index (χ3v) is 14.8. The molecule has 0 saturated heterocycles. The van der Waals surface area contributed by atoms with Gasteiger partial charge in [-0.1, -0.05) is 158 Å². The third kappa shape index (κ3) is 5.36. The van der Waals surface area contributed by atoms with Crippen LogP contribution in [0.4, 0.5) is 34.1 Å². The van der Waals surface area contributed by atoms with E-state index >= 15 is 0 Å². The van der Waals surface area contributed by atoms with E-state index in [-0.39, 0.29) is 0 Å². The van der Waals surface area contributed by atoms with Gasteiger partial charge in [0.1, 0.15) is 22.3 Å². The van der Waals surface area contributed by atoms with Crippen LogP contribution in [0, 0.1) is 6.92 Å². The Kier molecular flexibility index (Phi) is 7.72. The van der Waals surface area contributed by atoms with Crippen molar-refractivity contribution in [2.24, 2.45) is 0 Å². The van der Waals surface area contributed by atoms with Crippen molar-refractivity contribution in [2.75, 3.05) is 9.80 Å². The van der Waals surface area contributed by atoms with Crippen molar-refractivity contribution in [1.29, 1.82) is 0 Å². The summed E-state index contributed by atoms with van der Waals surface area (Å²) >= 11 is 0. The third-order valence-electron chi connectivity index (χ3n) is 14.8. The second-order valence-electron chi connectivity index (χ2n) is 18.8. The van der Waals surface area contributed by atoms with Crippen molar-refractivity contribution in [3.63, 3.8) is 0 Å². The molecule has 12 aromatic carbocycles. The van der Waals surface area contributed by atoms with Gasteiger partial charge in [0.15, 0.2) is 22.3 Å². The largest absolute Gasteiger partial charge is 0.454 e. The summed E-state index contributed by atoms with van der Waals surface area (Å²) in [6.45, 7) is 2.18. The number of fused-ring (bicyclic) bond motifs is 12. The maximum Gasteiger partial charge on any atom is 0.159 e. The van der Waals surface area contributed by atoms with Gasteiger partial charge >= 0.3 is 0 Å². The van der Waals surface area contributed by atoms with E-state index in [1.165, 1.54) is 21.7 Å². The number of benzene rings is 12. The Bertz CT molecular complexity index is 4350. The van der Waals surface area contributed by atoms with E-state index in [0.717, 1.165) is 138 Å². The first-order chi connectivity index (χ1) is 35.1. The molecule has 0 amide bonds. The summed E-state index contributed by atoms with van der Waals surface area (Å²) in [5, 5.41) is 15.2. The normalized spacial score (nSPS) is 12.3. The molecule has 0 bridgehead atoms. The summed E-state index contributed by atoms with van der Waals surface area (Å²) in [6.07, 6.45) is 0. The number of anilines is 6. The first-order valence-corrected chi connectivity index (χ1v) is 24.1. The lowest BCUT2D eigenvalue weighted by atomic mass is 9.90. The van der Waals surface area contributed by atoms with Gasteiger partial charge < -0.3 is 27.5 Å². The van der Waals surface area contributed by atoms with Crippen molar-refractivity contribution in [1.82, 2.24) is 0 Å². The van der Waals surface area contributed by atoms with Gasteiger partial charge in [0.2, 0.25) is 0 Å². The van der Waals surface area contributed by atoms with Gasteiger partial charge in [0.25, 0.3) is 0 Å². The number of hydrogen-bond donors (Lipinski definition) is 0. The minimum atomic E-state index is 0.778. The minimum absolute atomic E-state index is 0.778. The molecular weight excluding hydrogens is 873 g/mol. The lowest BCUT2D eigenvalue weighted by Crippen LogP contribution is -2.15. The number of para-hydroxylation sites is 8. The molecular formula is C65H38N2O4. The molecule has 0 N–H and O–H groups in total. The first-order valence-electron chi connectivity index (χ1n) is 24.1. The smallest absolute Gasteiger partial charge is 0.159 e. The molecule has 0 radical (unpaired) electrons. The van der Waals surface area contributed by atoms with Gasteiger partial charge in [0, 0.05) is 59.2 Å². The molecule has 0 aliphatic heterocycles. The van der Waals surface area contributed by atoms with E-state index in [1.807, 2.05) is 24.3 Å². The van der Waals surface area contributed by atoms with E-state index in [9.17, 15) is 0 Å². The first kappa shape index (κ1) is 38.4. The van der Waals surface area contributed by atoms with E-state index in [2.05, 4.69) is 205 Å². The summed E-state index contributed by atoms with van der Waals surface area (Å²) in [4.78, 5) is 4.75. The Hall–Kier alpha value is -9.52. The second-order valence-corrected chi connectivity index (χ2v) is 18.8.